The van der Waals surface area contributed by atoms with Crippen LogP contribution in [0.2, 0.25) is 0 Å². The third kappa shape index (κ3) is 4.48. The van der Waals surface area contributed by atoms with Crippen molar-refractivity contribution in [1.82, 2.24) is 10.2 Å². The van der Waals surface area contributed by atoms with Gasteiger partial charge in [0.25, 0.3) is 0 Å². The Morgan fingerprint density at radius 2 is 2.17 bits per heavy atom. The Kier molecular flexibility index (Phi) is 5.77. The standard InChI is InChI=1S/C16H26N2/c1-2-12-18-13-9-16(10-14-18)17-11-8-15-6-4-3-5-7-15/h1,6,16-17H,3-5,7-14H2. The summed E-state index contributed by atoms with van der Waals surface area (Å²) in [7, 11) is 0. The first-order chi connectivity index (χ1) is 8.88. The molecular formula is C16H26N2. The molecule has 2 nitrogen and oxygen atoms in total. The molecule has 1 aliphatic heterocycles. The van der Waals surface area contributed by atoms with Crippen molar-refractivity contribution < 1.29 is 0 Å². The first-order valence-electron chi connectivity index (χ1n) is 7.45. The maximum Gasteiger partial charge on any atom is 0.0598 e. The van der Waals surface area contributed by atoms with Gasteiger partial charge < -0.3 is 5.32 Å². The second-order valence-corrected chi connectivity index (χ2v) is 5.57. The van der Waals surface area contributed by atoms with E-state index < -0.39 is 0 Å². The molecule has 18 heavy (non-hydrogen) atoms. The lowest BCUT2D eigenvalue weighted by Gasteiger charge is -2.31. The van der Waals surface area contributed by atoms with Crippen LogP contribution in [0, 0.1) is 12.3 Å². The van der Waals surface area contributed by atoms with Gasteiger partial charge in [-0.1, -0.05) is 17.6 Å². The summed E-state index contributed by atoms with van der Waals surface area (Å²) in [6.07, 6.45) is 17.0. The van der Waals surface area contributed by atoms with E-state index in [9.17, 15) is 0 Å². The van der Waals surface area contributed by atoms with E-state index in [1.54, 1.807) is 5.57 Å². The van der Waals surface area contributed by atoms with Crippen molar-refractivity contribution in [2.24, 2.45) is 0 Å². The lowest BCUT2D eigenvalue weighted by atomic mass is 9.97. The monoisotopic (exact) mass is 246 g/mol. The largest absolute Gasteiger partial charge is 0.314 e. The molecule has 2 rings (SSSR count). The molecule has 0 bridgehead atoms. The predicted octanol–water partition coefficient (Wildman–Crippen LogP) is 2.56. The molecule has 1 fully saturated rings. The van der Waals surface area contributed by atoms with Crippen LogP contribution in [-0.4, -0.2) is 37.1 Å². The van der Waals surface area contributed by atoms with Crippen LogP contribution in [0.25, 0.3) is 0 Å². The average Bonchev–Trinajstić information content (AvgIpc) is 2.42. The summed E-state index contributed by atoms with van der Waals surface area (Å²) in [5, 5.41) is 3.71. The summed E-state index contributed by atoms with van der Waals surface area (Å²) >= 11 is 0. The number of nitrogens with one attached hydrogen (secondary N) is 1. The molecule has 0 aromatic heterocycles. The Morgan fingerprint density at radius 3 is 2.83 bits per heavy atom. The van der Waals surface area contributed by atoms with E-state index in [1.165, 1.54) is 44.9 Å². The number of rotatable bonds is 5. The SMILES string of the molecule is C#CCN1CCC(NCCC2=CCCCC2)CC1. The predicted molar refractivity (Wildman–Crippen MR) is 77.5 cm³/mol. The number of hydrogen-bond acceptors (Lipinski definition) is 2. The van der Waals surface area contributed by atoms with Gasteiger partial charge in [-0.25, -0.2) is 0 Å². The summed E-state index contributed by atoms with van der Waals surface area (Å²) in [5.74, 6) is 2.74. The molecule has 100 valence electrons. The van der Waals surface area contributed by atoms with Gasteiger partial charge in [-0.15, -0.1) is 6.42 Å². The topological polar surface area (TPSA) is 15.3 Å². The maximum absolute atomic E-state index is 5.34. The summed E-state index contributed by atoms with van der Waals surface area (Å²) in [4.78, 5) is 2.38. The van der Waals surface area contributed by atoms with Crippen molar-refractivity contribution in [3.05, 3.63) is 11.6 Å². The number of nitrogens with zero attached hydrogens (tertiary/aromatic N) is 1. The molecule has 2 aliphatic rings. The molecule has 0 amide bonds. The van der Waals surface area contributed by atoms with Gasteiger partial charge >= 0.3 is 0 Å². The third-order valence-corrected chi connectivity index (χ3v) is 4.17. The number of allylic oxidation sites excluding steroid dienone is 1. The first kappa shape index (κ1) is 13.6. The second kappa shape index (κ2) is 7.61. The zero-order valence-corrected chi connectivity index (χ0v) is 11.5. The first-order valence-corrected chi connectivity index (χ1v) is 7.45. The van der Waals surface area contributed by atoms with Crippen LogP contribution < -0.4 is 5.32 Å². The van der Waals surface area contributed by atoms with E-state index in [0.29, 0.717) is 6.04 Å². The van der Waals surface area contributed by atoms with E-state index >= 15 is 0 Å². The van der Waals surface area contributed by atoms with E-state index in [0.717, 1.165) is 26.2 Å². The summed E-state index contributed by atoms with van der Waals surface area (Å²) in [6.45, 7) is 4.29. The lowest BCUT2D eigenvalue weighted by Crippen LogP contribution is -2.42. The minimum absolute atomic E-state index is 0.711. The van der Waals surface area contributed by atoms with Gasteiger partial charge in [0, 0.05) is 19.1 Å². The zero-order chi connectivity index (χ0) is 12.6. The highest BCUT2D eigenvalue weighted by Crippen LogP contribution is 2.19. The second-order valence-electron chi connectivity index (χ2n) is 5.57. The Labute approximate surface area is 112 Å². The Bertz CT molecular complexity index is 306. The molecule has 0 unspecified atom stereocenters. The number of hydrogen-bond donors (Lipinski definition) is 1. The van der Waals surface area contributed by atoms with Gasteiger partial charge in [0.05, 0.1) is 6.54 Å². The maximum atomic E-state index is 5.34. The third-order valence-electron chi connectivity index (χ3n) is 4.17. The number of likely N-dealkylation sites (tertiary alicyclic amines) is 1. The molecule has 0 spiro atoms. The molecular weight excluding hydrogens is 220 g/mol. The highest BCUT2D eigenvalue weighted by atomic mass is 15.1. The van der Waals surface area contributed by atoms with Crippen LogP contribution in [0.4, 0.5) is 0 Å². The molecule has 1 aliphatic carbocycles. The number of terminal acetylenes is 1. The van der Waals surface area contributed by atoms with Crippen LogP contribution in [0.15, 0.2) is 11.6 Å². The van der Waals surface area contributed by atoms with E-state index in [4.69, 9.17) is 6.42 Å². The minimum Gasteiger partial charge on any atom is -0.314 e. The molecule has 2 heteroatoms. The molecule has 0 aromatic carbocycles. The van der Waals surface area contributed by atoms with Gasteiger partial charge in [-0.05, 0) is 51.5 Å². The van der Waals surface area contributed by atoms with Crippen LogP contribution >= 0.6 is 0 Å². The smallest absolute Gasteiger partial charge is 0.0598 e. The van der Waals surface area contributed by atoms with Crippen molar-refractivity contribution in [2.75, 3.05) is 26.2 Å². The summed E-state index contributed by atoms with van der Waals surface area (Å²) in [6, 6.07) is 0.711. The Morgan fingerprint density at radius 1 is 1.33 bits per heavy atom. The molecule has 0 radical (unpaired) electrons. The molecule has 0 atom stereocenters. The van der Waals surface area contributed by atoms with Crippen molar-refractivity contribution in [3.8, 4) is 12.3 Å². The Hall–Kier alpha value is -0.780. The van der Waals surface area contributed by atoms with Crippen molar-refractivity contribution in [3.63, 3.8) is 0 Å². The van der Waals surface area contributed by atoms with Crippen molar-refractivity contribution >= 4 is 0 Å². The van der Waals surface area contributed by atoms with E-state index in [1.807, 2.05) is 0 Å². The lowest BCUT2D eigenvalue weighted by molar-refractivity contribution is 0.218. The highest BCUT2D eigenvalue weighted by Gasteiger charge is 2.17. The van der Waals surface area contributed by atoms with Crippen LogP contribution in [-0.2, 0) is 0 Å². The fourth-order valence-electron chi connectivity index (χ4n) is 2.99. The fraction of sp³-hybridized carbons (Fsp3) is 0.750. The van der Waals surface area contributed by atoms with Gasteiger partial charge in [0.2, 0.25) is 0 Å². The zero-order valence-electron chi connectivity index (χ0n) is 11.5. The number of piperidine rings is 1. The minimum atomic E-state index is 0.711. The molecule has 0 saturated carbocycles. The van der Waals surface area contributed by atoms with E-state index in [2.05, 4.69) is 22.2 Å². The molecule has 1 saturated heterocycles. The fourth-order valence-corrected chi connectivity index (χ4v) is 2.99. The van der Waals surface area contributed by atoms with Gasteiger partial charge in [0.15, 0.2) is 0 Å². The van der Waals surface area contributed by atoms with Gasteiger partial charge in [0.1, 0.15) is 0 Å². The highest BCUT2D eigenvalue weighted by molar-refractivity contribution is 5.05. The Balaban J connectivity index is 1.58. The van der Waals surface area contributed by atoms with E-state index in [-0.39, 0.29) is 0 Å². The molecule has 1 heterocycles. The summed E-state index contributed by atoms with van der Waals surface area (Å²) < 4.78 is 0. The van der Waals surface area contributed by atoms with Crippen LogP contribution in [0.3, 0.4) is 0 Å². The van der Waals surface area contributed by atoms with Crippen LogP contribution in [0.1, 0.15) is 44.9 Å². The van der Waals surface area contributed by atoms with Crippen LogP contribution in [0.5, 0.6) is 0 Å². The van der Waals surface area contributed by atoms with Crippen molar-refractivity contribution in [1.29, 1.82) is 0 Å². The van der Waals surface area contributed by atoms with Gasteiger partial charge in [-0.3, -0.25) is 4.90 Å². The molecule has 1 N–H and O–H groups in total. The molecule has 0 aromatic rings. The van der Waals surface area contributed by atoms with Crippen molar-refractivity contribution in [2.45, 2.75) is 51.0 Å². The average molecular weight is 246 g/mol. The van der Waals surface area contributed by atoms with Gasteiger partial charge in [-0.2, -0.15) is 0 Å². The quantitative estimate of drug-likeness (QED) is 0.592. The summed E-state index contributed by atoms with van der Waals surface area (Å²) in [5.41, 5.74) is 1.68. The normalized spacial score (nSPS) is 22.5.